The molecule has 2 heterocycles. The lowest BCUT2D eigenvalue weighted by Gasteiger charge is -2.32. The van der Waals surface area contributed by atoms with Gasteiger partial charge < -0.3 is 10.5 Å². The normalized spacial score (nSPS) is 27.6. The fourth-order valence-electron chi connectivity index (χ4n) is 3.44. The molecule has 1 aromatic rings. The number of rotatable bonds is 3. The van der Waals surface area contributed by atoms with E-state index in [-0.39, 0.29) is 24.6 Å². The van der Waals surface area contributed by atoms with Gasteiger partial charge in [-0.25, -0.2) is 4.79 Å². The van der Waals surface area contributed by atoms with Crippen molar-refractivity contribution in [3.05, 3.63) is 35.9 Å². The predicted octanol–water partition coefficient (Wildman–Crippen LogP) is 2.26. The lowest BCUT2D eigenvalue weighted by molar-refractivity contribution is 0.0824. The maximum atomic E-state index is 12.3. The van der Waals surface area contributed by atoms with Gasteiger partial charge in [-0.2, -0.15) is 0 Å². The SMILES string of the molecule is N=C(N)C12CCC(CC1)N2C(=O)OCc1ccccc1. The first kappa shape index (κ1) is 13.0. The number of nitrogens with two attached hydrogens (primary N) is 1. The zero-order chi connectivity index (χ0) is 14.2. The number of carbonyl (C=O) groups excluding carboxylic acids is 1. The first-order chi connectivity index (χ1) is 9.63. The number of hydrogen-bond acceptors (Lipinski definition) is 3. The molecule has 3 N–H and O–H groups in total. The van der Waals surface area contributed by atoms with Crippen LogP contribution < -0.4 is 5.73 Å². The van der Waals surface area contributed by atoms with Gasteiger partial charge in [-0.15, -0.1) is 0 Å². The Kier molecular flexibility index (Phi) is 3.12. The monoisotopic (exact) mass is 273 g/mol. The molecule has 2 aliphatic rings. The van der Waals surface area contributed by atoms with E-state index < -0.39 is 5.54 Å². The van der Waals surface area contributed by atoms with Crippen LogP contribution in [0.3, 0.4) is 0 Å². The van der Waals surface area contributed by atoms with Crippen LogP contribution in [0.5, 0.6) is 0 Å². The van der Waals surface area contributed by atoms with Crippen LogP contribution in [-0.4, -0.2) is 28.4 Å². The highest BCUT2D eigenvalue weighted by atomic mass is 16.6. The first-order valence-corrected chi connectivity index (χ1v) is 6.98. The van der Waals surface area contributed by atoms with Gasteiger partial charge in [0.1, 0.15) is 18.0 Å². The van der Waals surface area contributed by atoms with Crippen molar-refractivity contribution in [3.8, 4) is 0 Å². The molecule has 0 unspecified atom stereocenters. The molecule has 2 aliphatic heterocycles. The van der Waals surface area contributed by atoms with Crippen LogP contribution in [-0.2, 0) is 11.3 Å². The summed E-state index contributed by atoms with van der Waals surface area (Å²) in [5.41, 5.74) is 6.12. The number of carbonyl (C=O) groups is 1. The minimum atomic E-state index is -0.585. The summed E-state index contributed by atoms with van der Waals surface area (Å²) in [4.78, 5) is 14.0. The number of hydrogen-bond donors (Lipinski definition) is 2. The molecule has 0 radical (unpaired) electrons. The lowest BCUT2D eigenvalue weighted by atomic mass is 9.87. The second-order valence-electron chi connectivity index (χ2n) is 5.59. The summed E-state index contributed by atoms with van der Waals surface area (Å²) in [7, 11) is 0. The summed E-state index contributed by atoms with van der Waals surface area (Å²) < 4.78 is 5.40. The quantitative estimate of drug-likeness (QED) is 0.655. The smallest absolute Gasteiger partial charge is 0.411 e. The summed E-state index contributed by atoms with van der Waals surface area (Å²) in [6, 6.07) is 9.79. The zero-order valence-corrected chi connectivity index (χ0v) is 11.3. The molecule has 106 valence electrons. The van der Waals surface area contributed by atoms with Crippen LogP contribution in [0.2, 0.25) is 0 Å². The van der Waals surface area contributed by atoms with Gasteiger partial charge >= 0.3 is 6.09 Å². The van der Waals surface area contributed by atoms with E-state index in [1.165, 1.54) is 0 Å². The molecule has 2 fully saturated rings. The minimum Gasteiger partial charge on any atom is -0.445 e. The van der Waals surface area contributed by atoms with Gasteiger partial charge in [-0.3, -0.25) is 10.3 Å². The van der Waals surface area contributed by atoms with Crippen molar-refractivity contribution >= 4 is 11.9 Å². The molecule has 0 spiro atoms. The van der Waals surface area contributed by atoms with E-state index in [1.54, 1.807) is 4.90 Å². The number of ether oxygens (including phenoxy) is 1. The highest BCUT2D eigenvalue weighted by Gasteiger charge is 2.56. The number of amides is 1. The Bertz CT molecular complexity index is 521. The topological polar surface area (TPSA) is 79.4 Å². The summed E-state index contributed by atoms with van der Waals surface area (Å²) >= 11 is 0. The number of benzene rings is 1. The van der Waals surface area contributed by atoms with Crippen molar-refractivity contribution in [1.82, 2.24) is 4.90 Å². The Morgan fingerprint density at radius 1 is 1.35 bits per heavy atom. The Morgan fingerprint density at radius 3 is 2.60 bits per heavy atom. The maximum absolute atomic E-state index is 12.3. The molecule has 2 bridgehead atoms. The molecule has 5 heteroatoms. The van der Waals surface area contributed by atoms with Crippen molar-refractivity contribution in [1.29, 1.82) is 5.41 Å². The minimum absolute atomic E-state index is 0.0918. The van der Waals surface area contributed by atoms with Gasteiger partial charge in [0, 0.05) is 6.04 Å². The van der Waals surface area contributed by atoms with Gasteiger partial charge in [-0.05, 0) is 31.2 Å². The highest BCUT2D eigenvalue weighted by Crippen LogP contribution is 2.46. The van der Waals surface area contributed by atoms with Gasteiger partial charge in [0.05, 0.1) is 0 Å². The largest absolute Gasteiger partial charge is 0.445 e. The van der Waals surface area contributed by atoms with Crippen LogP contribution >= 0.6 is 0 Å². The second kappa shape index (κ2) is 4.81. The van der Waals surface area contributed by atoms with E-state index >= 15 is 0 Å². The summed E-state index contributed by atoms with van der Waals surface area (Å²) in [6.07, 6.45) is 3.06. The zero-order valence-electron chi connectivity index (χ0n) is 11.3. The summed E-state index contributed by atoms with van der Waals surface area (Å²) in [5, 5.41) is 7.81. The average molecular weight is 273 g/mol. The third-order valence-electron chi connectivity index (χ3n) is 4.51. The first-order valence-electron chi connectivity index (χ1n) is 6.98. The van der Waals surface area contributed by atoms with Crippen molar-refractivity contribution in [2.75, 3.05) is 0 Å². The molecule has 0 aromatic heterocycles. The van der Waals surface area contributed by atoms with Crippen molar-refractivity contribution < 1.29 is 9.53 Å². The average Bonchev–Trinajstić information content (AvgIpc) is 3.03. The molecule has 3 rings (SSSR count). The molecular weight excluding hydrogens is 254 g/mol. The standard InChI is InChI=1S/C15H19N3O2/c16-13(17)15-8-6-12(7-9-15)18(15)14(19)20-10-11-4-2-1-3-5-11/h1-5,12H,6-10H2,(H3,16,17). The van der Waals surface area contributed by atoms with Gasteiger partial charge in [0.15, 0.2) is 0 Å². The maximum Gasteiger partial charge on any atom is 0.411 e. The van der Waals surface area contributed by atoms with Crippen molar-refractivity contribution in [2.24, 2.45) is 5.73 Å². The molecule has 1 aromatic carbocycles. The van der Waals surface area contributed by atoms with E-state index in [4.69, 9.17) is 15.9 Å². The number of amidine groups is 1. The Balaban J connectivity index is 1.70. The number of nitrogens with zero attached hydrogens (tertiary/aromatic N) is 1. The third-order valence-corrected chi connectivity index (χ3v) is 4.51. The van der Waals surface area contributed by atoms with Gasteiger partial charge in [-0.1, -0.05) is 30.3 Å². The van der Waals surface area contributed by atoms with Crippen LogP contribution in [0.4, 0.5) is 4.79 Å². The fourth-order valence-corrected chi connectivity index (χ4v) is 3.44. The number of fused-ring (bicyclic) bond motifs is 2. The molecular formula is C15H19N3O2. The number of nitrogens with one attached hydrogen (secondary N) is 1. The van der Waals surface area contributed by atoms with Crippen LogP contribution in [0.1, 0.15) is 31.2 Å². The summed E-state index contributed by atoms with van der Waals surface area (Å²) in [5.74, 6) is 0.0918. The molecule has 1 amide bonds. The molecule has 0 aliphatic carbocycles. The van der Waals surface area contributed by atoms with Gasteiger partial charge in [0.25, 0.3) is 0 Å². The lowest BCUT2D eigenvalue weighted by Crippen LogP contribution is -2.53. The Hall–Kier alpha value is -2.04. The van der Waals surface area contributed by atoms with Crippen LogP contribution in [0.15, 0.2) is 30.3 Å². The van der Waals surface area contributed by atoms with E-state index in [1.807, 2.05) is 30.3 Å². The molecule has 2 saturated heterocycles. The molecule has 0 atom stereocenters. The van der Waals surface area contributed by atoms with Crippen molar-refractivity contribution in [3.63, 3.8) is 0 Å². The van der Waals surface area contributed by atoms with E-state index in [0.29, 0.717) is 0 Å². The second-order valence-corrected chi connectivity index (χ2v) is 5.59. The third kappa shape index (κ3) is 1.94. The Morgan fingerprint density at radius 2 is 2.00 bits per heavy atom. The van der Waals surface area contributed by atoms with Crippen LogP contribution in [0, 0.1) is 5.41 Å². The van der Waals surface area contributed by atoms with Crippen molar-refractivity contribution in [2.45, 2.75) is 43.9 Å². The molecule has 20 heavy (non-hydrogen) atoms. The molecule has 0 saturated carbocycles. The van der Waals surface area contributed by atoms with E-state index in [0.717, 1.165) is 31.2 Å². The summed E-state index contributed by atoms with van der Waals surface area (Å²) in [6.45, 7) is 0.261. The van der Waals surface area contributed by atoms with Crippen LogP contribution in [0.25, 0.3) is 0 Å². The predicted molar refractivity (Wildman–Crippen MR) is 75.4 cm³/mol. The Labute approximate surface area is 118 Å². The van der Waals surface area contributed by atoms with Gasteiger partial charge in [0.2, 0.25) is 0 Å². The molecule has 5 nitrogen and oxygen atoms in total. The van der Waals surface area contributed by atoms with E-state index in [9.17, 15) is 4.79 Å². The fraction of sp³-hybridized carbons (Fsp3) is 0.467. The van der Waals surface area contributed by atoms with E-state index in [2.05, 4.69) is 0 Å². The highest BCUT2D eigenvalue weighted by molar-refractivity contribution is 5.92.